The number of piperazine rings is 1. The van der Waals surface area contributed by atoms with Gasteiger partial charge in [-0.2, -0.15) is 26.3 Å². The number of piperidine rings is 1. The number of anilines is 1. The third-order valence-electron chi connectivity index (χ3n) is 7.52. The van der Waals surface area contributed by atoms with E-state index in [0.717, 1.165) is 57.7 Å². The monoisotopic (exact) mass is 622 g/mol. The Morgan fingerprint density at radius 3 is 1.95 bits per heavy atom. The van der Waals surface area contributed by atoms with E-state index in [1.165, 1.54) is 16.7 Å². The zero-order chi connectivity index (χ0) is 29.9. The van der Waals surface area contributed by atoms with Crippen LogP contribution in [0.2, 0.25) is 5.02 Å². The molecule has 3 fully saturated rings. The van der Waals surface area contributed by atoms with Gasteiger partial charge in [-0.15, -0.1) is 0 Å². The lowest BCUT2D eigenvalue weighted by Gasteiger charge is -2.41. The van der Waals surface area contributed by atoms with Gasteiger partial charge in [0, 0.05) is 69.6 Å². The Morgan fingerprint density at radius 2 is 1.50 bits per heavy atom. The second kappa shape index (κ2) is 12.5. The largest absolute Gasteiger partial charge is 0.465 e. The molecular weight excluding hydrogens is 590 g/mol. The molecule has 1 aromatic carbocycles. The quantitative estimate of drug-likeness (QED) is 0.482. The molecule has 1 aromatic rings. The van der Waals surface area contributed by atoms with Crippen LogP contribution in [0.4, 0.5) is 36.8 Å². The predicted molar refractivity (Wildman–Crippen MR) is 138 cm³/mol. The van der Waals surface area contributed by atoms with E-state index in [1.807, 2.05) is 12.1 Å². The Kier molecular flexibility index (Phi) is 10.2. The Labute approximate surface area is 234 Å². The molecule has 4 rings (SSSR count). The van der Waals surface area contributed by atoms with Crippen molar-refractivity contribution in [3.63, 3.8) is 0 Å². The number of carbonyl (C=O) groups is 1. The molecule has 1 N–H and O–H groups in total. The van der Waals surface area contributed by atoms with Crippen LogP contribution in [0, 0.1) is 5.41 Å². The minimum absolute atomic E-state index is 0.0888. The summed E-state index contributed by atoms with van der Waals surface area (Å²) in [5.41, 5.74) is 2.43. The van der Waals surface area contributed by atoms with Crippen LogP contribution in [-0.2, 0) is 16.6 Å². The molecule has 3 aliphatic heterocycles. The molecule has 1 amide bonds. The second-order valence-electron chi connectivity index (χ2n) is 10.6. The van der Waals surface area contributed by atoms with E-state index in [4.69, 9.17) is 16.7 Å². The summed E-state index contributed by atoms with van der Waals surface area (Å²) in [7, 11) is -3.13. The summed E-state index contributed by atoms with van der Waals surface area (Å²) >= 11 is 6.34. The van der Waals surface area contributed by atoms with Gasteiger partial charge >= 0.3 is 18.4 Å². The molecule has 3 saturated heterocycles. The Hall–Kier alpha value is -1.97. The third-order valence-corrected chi connectivity index (χ3v) is 9.01. The van der Waals surface area contributed by atoms with Gasteiger partial charge in [-0.3, -0.25) is 4.90 Å². The molecule has 40 heavy (non-hydrogen) atoms. The lowest BCUT2D eigenvalue weighted by molar-refractivity contribution is -0.232. The SMILES string of the molecule is CS(=O)(=O)N1CCC2(CCN(c3cc(Cl)ccc3CN3CCN(C(=O)O)CC3)CC2)C1.FC(F)(F)CC(F)(F)F. The number of carboxylic acid groups (broad SMARTS) is 1. The van der Waals surface area contributed by atoms with Crippen molar-refractivity contribution in [3.05, 3.63) is 28.8 Å². The molecule has 3 aliphatic rings. The molecule has 1 spiro atoms. The highest BCUT2D eigenvalue weighted by molar-refractivity contribution is 7.88. The number of sulfonamides is 1. The first-order valence-electron chi connectivity index (χ1n) is 12.7. The molecule has 0 atom stereocenters. The molecule has 0 unspecified atom stereocenters. The van der Waals surface area contributed by atoms with Crippen molar-refractivity contribution in [3.8, 4) is 0 Å². The summed E-state index contributed by atoms with van der Waals surface area (Å²) in [6.07, 6.45) is -9.66. The first-order chi connectivity index (χ1) is 18.4. The fourth-order valence-corrected chi connectivity index (χ4v) is 6.44. The molecular formula is C24H33ClF6N4O4S. The number of halogens is 7. The number of benzene rings is 1. The summed E-state index contributed by atoms with van der Waals surface area (Å²) in [4.78, 5) is 17.3. The van der Waals surface area contributed by atoms with Crippen molar-refractivity contribution in [1.29, 1.82) is 0 Å². The lowest BCUT2D eigenvalue weighted by Crippen LogP contribution is -2.48. The summed E-state index contributed by atoms with van der Waals surface area (Å²) < 4.78 is 90.5. The maximum absolute atomic E-state index is 11.9. The minimum Gasteiger partial charge on any atom is -0.465 e. The van der Waals surface area contributed by atoms with Gasteiger partial charge < -0.3 is 14.9 Å². The summed E-state index contributed by atoms with van der Waals surface area (Å²) in [5.74, 6) is 0. The van der Waals surface area contributed by atoms with Crippen molar-refractivity contribution in [2.75, 3.05) is 63.5 Å². The molecule has 0 saturated carbocycles. The first-order valence-corrected chi connectivity index (χ1v) is 14.9. The number of rotatable bonds is 4. The first kappa shape index (κ1) is 32.5. The zero-order valence-corrected chi connectivity index (χ0v) is 23.5. The normalized spacial score (nSPS) is 20.9. The van der Waals surface area contributed by atoms with E-state index in [0.29, 0.717) is 31.2 Å². The third kappa shape index (κ3) is 9.55. The molecule has 0 aromatic heterocycles. The topological polar surface area (TPSA) is 84.4 Å². The van der Waals surface area contributed by atoms with Crippen LogP contribution in [-0.4, -0.2) is 105 Å². The molecule has 8 nitrogen and oxygen atoms in total. The number of amides is 1. The smallest absolute Gasteiger partial charge is 0.407 e. The molecule has 16 heteroatoms. The van der Waals surface area contributed by atoms with Gasteiger partial charge in [0.2, 0.25) is 10.0 Å². The lowest BCUT2D eigenvalue weighted by atomic mass is 9.77. The highest BCUT2D eigenvalue weighted by atomic mass is 35.5. The van der Waals surface area contributed by atoms with E-state index >= 15 is 0 Å². The van der Waals surface area contributed by atoms with E-state index in [2.05, 4.69) is 15.9 Å². The predicted octanol–water partition coefficient (Wildman–Crippen LogP) is 4.89. The van der Waals surface area contributed by atoms with Crippen molar-refractivity contribution in [2.45, 2.75) is 44.6 Å². The van der Waals surface area contributed by atoms with Gasteiger partial charge in [0.25, 0.3) is 0 Å². The standard InChI is InChI=1S/C21H31ClN4O4S.C3H2F6/c1-31(29,30)26-9-6-21(16-26)4-7-24(8-5-21)19-14-18(22)3-2-17(19)15-23-10-12-25(13-11-23)20(27)28;4-2(5,6)1-3(7,8)9/h2-3,14H,4-13,15-16H2,1H3,(H,27,28);1H2. The Bertz CT molecular complexity index is 1120. The number of hydrogen-bond acceptors (Lipinski definition) is 5. The molecule has 0 bridgehead atoms. The van der Waals surface area contributed by atoms with Crippen molar-refractivity contribution in [1.82, 2.24) is 14.1 Å². The molecule has 0 aliphatic carbocycles. The van der Waals surface area contributed by atoms with Crippen molar-refractivity contribution >= 4 is 33.4 Å². The summed E-state index contributed by atoms with van der Waals surface area (Å²) in [6, 6.07) is 6.02. The fourth-order valence-electron chi connectivity index (χ4n) is 5.34. The van der Waals surface area contributed by atoms with Crippen LogP contribution >= 0.6 is 11.6 Å². The van der Waals surface area contributed by atoms with E-state index in [1.54, 1.807) is 4.31 Å². The number of nitrogens with zero attached hydrogens (tertiary/aromatic N) is 4. The van der Waals surface area contributed by atoms with Crippen LogP contribution in [0.15, 0.2) is 18.2 Å². The maximum Gasteiger partial charge on any atom is 0.407 e. The second-order valence-corrected chi connectivity index (χ2v) is 13.0. The van der Waals surface area contributed by atoms with Crippen LogP contribution in [0.3, 0.4) is 0 Å². The van der Waals surface area contributed by atoms with Crippen molar-refractivity contribution < 1.29 is 44.7 Å². The Balaban J connectivity index is 0.000000424. The van der Waals surface area contributed by atoms with Crippen LogP contribution in [0.25, 0.3) is 0 Å². The average Bonchev–Trinajstić information content (AvgIpc) is 3.23. The van der Waals surface area contributed by atoms with Crippen LogP contribution in [0.5, 0.6) is 0 Å². The van der Waals surface area contributed by atoms with Gasteiger partial charge in [-0.25, -0.2) is 17.5 Å². The van der Waals surface area contributed by atoms with Gasteiger partial charge in [0.1, 0.15) is 6.42 Å². The highest BCUT2D eigenvalue weighted by Gasteiger charge is 2.44. The molecule has 0 radical (unpaired) electrons. The van der Waals surface area contributed by atoms with Crippen LogP contribution < -0.4 is 4.90 Å². The minimum atomic E-state index is -5.14. The van der Waals surface area contributed by atoms with E-state index in [-0.39, 0.29) is 5.41 Å². The fraction of sp³-hybridized carbons (Fsp3) is 0.708. The molecule has 228 valence electrons. The number of hydrogen-bond donors (Lipinski definition) is 1. The molecule has 3 heterocycles. The number of alkyl halides is 6. The van der Waals surface area contributed by atoms with E-state index < -0.39 is 34.9 Å². The zero-order valence-electron chi connectivity index (χ0n) is 21.9. The highest BCUT2D eigenvalue weighted by Crippen LogP contribution is 2.43. The summed E-state index contributed by atoms with van der Waals surface area (Å²) in [5, 5.41) is 9.86. The van der Waals surface area contributed by atoms with Gasteiger partial charge in [-0.1, -0.05) is 17.7 Å². The van der Waals surface area contributed by atoms with Crippen LogP contribution in [0.1, 0.15) is 31.2 Å². The average molecular weight is 623 g/mol. The van der Waals surface area contributed by atoms with E-state index in [9.17, 15) is 39.6 Å². The maximum atomic E-state index is 11.9. The Morgan fingerprint density at radius 1 is 0.950 bits per heavy atom. The van der Waals surface area contributed by atoms with Gasteiger partial charge in [-0.05, 0) is 42.4 Å². The van der Waals surface area contributed by atoms with Gasteiger partial charge in [0.05, 0.1) is 6.26 Å². The van der Waals surface area contributed by atoms with Crippen molar-refractivity contribution in [2.24, 2.45) is 5.41 Å². The van der Waals surface area contributed by atoms with Gasteiger partial charge in [0.15, 0.2) is 0 Å². The summed E-state index contributed by atoms with van der Waals surface area (Å²) in [6.45, 7) is 6.30.